The average Bonchev–Trinajstić information content (AvgIpc) is 3.43. The third-order valence-corrected chi connectivity index (χ3v) is 10.6. The second-order valence-corrected chi connectivity index (χ2v) is 15.0. The maximum atomic E-state index is 2.72. The van der Waals surface area contributed by atoms with Crippen molar-refractivity contribution in [2.24, 2.45) is 0 Å². The van der Waals surface area contributed by atoms with Gasteiger partial charge in [-0.05, 0) is 25.7 Å². The second kappa shape index (κ2) is 34.7. The van der Waals surface area contributed by atoms with Crippen molar-refractivity contribution in [2.75, 3.05) is 13.1 Å². The molecule has 2 heteroatoms. The molecule has 0 fully saturated rings. The molecule has 2 nitrogen and oxygen atoms in total. The van der Waals surface area contributed by atoms with Gasteiger partial charge in [0.2, 0.25) is 0 Å². The van der Waals surface area contributed by atoms with Gasteiger partial charge in [0.1, 0.15) is 6.17 Å². The van der Waals surface area contributed by atoms with Gasteiger partial charge in [0.25, 0.3) is 0 Å². The van der Waals surface area contributed by atoms with E-state index in [4.69, 9.17) is 0 Å². The molecular formula is C43H86N2. The molecule has 0 aromatic rings. The number of unbranched alkanes of at least 4 members (excludes halogenated alkanes) is 31. The first-order valence-electron chi connectivity index (χ1n) is 21.5. The first kappa shape index (κ1) is 42.4. The molecule has 1 rings (SSSR count). The Morgan fingerprint density at radius 2 is 0.511 bits per heavy atom. The lowest BCUT2D eigenvalue weighted by atomic mass is 10.0. The highest BCUT2D eigenvalue weighted by Crippen LogP contribution is 2.24. The normalized spacial score (nSPS) is 14.8. The quantitative estimate of drug-likeness (QED) is 0.0630. The molecule has 0 N–H and O–H groups in total. The monoisotopic (exact) mass is 631 g/mol. The molecule has 1 unspecified atom stereocenters. The third kappa shape index (κ3) is 27.0. The van der Waals surface area contributed by atoms with E-state index < -0.39 is 0 Å². The Labute approximate surface area is 286 Å². The molecule has 0 bridgehead atoms. The van der Waals surface area contributed by atoms with Gasteiger partial charge in [-0.3, -0.25) is 0 Å². The first-order chi connectivity index (χ1) is 22.3. The maximum Gasteiger partial charge on any atom is 0.101 e. The Kier molecular flexibility index (Phi) is 32.6. The van der Waals surface area contributed by atoms with Crippen LogP contribution in [-0.2, 0) is 0 Å². The summed E-state index contributed by atoms with van der Waals surface area (Å²) in [4.78, 5) is 5.42. The van der Waals surface area contributed by atoms with Crippen molar-refractivity contribution in [3.8, 4) is 0 Å². The van der Waals surface area contributed by atoms with Crippen molar-refractivity contribution in [3.05, 3.63) is 12.4 Å². The molecular weight excluding hydrogens is 544 g/mol. The Morgan fingerprint density at radius 1 is 0.289 bits per heavy atom. The van der Waals surface area contributed by atoms with Gasteiger partial charge in [-0.15, -0.1) is 0 Å². The van der Waals surface area contributed by atoms with Crippen molar-refractivity contribution in [3.63, 3.8) is 0 Å². The van der Waals surface area contributed by atoms with Crippen LogP contribution in [0.1, 0.15) is 245 Å². The molecule has 45 heavy (non-hydrogen) atoms. The lowest BCUT2D eigenvalue weighted by Crippen LogP contribution is -2.39. The maximum absolute atomic E-state index is 2.72. The fourth-order valence-corrected chi connectivity index (χ4v) is 7.42. The van der Waals surface area contributed by atoms with Crippen LogP contribution < -0.4 is 0 Å². The minimum absolute atomic E-state index is 0.639. The smallest absolute Gasteiger partial charge is 0.101 e. The molecule has 0 aromatic heterocycles. The van der Waals surface area contributed by atoms with E-state index in [1.165, 1.54) is 238 Å². The fourth-order valence-electron chi connectivity index (χ4n) is 7.42. The van der Waals surface area contributed by atoms with Gasteiger partial charge in [-0.2, -0.15) is 0 Å². The zero-order chi connectivity index (χ0) is 32.3. The summed E-state index contributed by atoms with van der Waals surface area (Å²) in [6, 6.07) is 0. The van der Waals surface area contributed by atoms with Gasteiger partial charge in [-0.1, -0.05) is 220 Å². The lowest BCUT2D eigenvalue weighted by Gasteiger charge is -2.33. The van der Waals surface area contributed by atoms with Crippen LogP contribution >= 0.6 is 0 Å². The van der Waals surface area contributed by atoms with Gasteiger partial charge in [0, 0.05) is 25.5 Å². The minimum Gasteiger partial charge on any atom is -0.356 e. The molecule has 1 aliphatic heterocycles. The van der Waals surface area contributed by atoms with Crippen molar-refractivity contribution < 1.29 is 0 Å². The molecule has 1 atom stereocenters. The standard InChI is InChI=1S/C43H86N2/c1-4-7-10-13-15-17-19-21-22-23-24-25-27-29-31-34-37-40-45-42-41-44(39-36-33-12-9-6-3)43(45)38-35-32-30-28-26-20-18-16-14-11-8-5-2/h41-43H,4-40H2,1-3H3. The Balaban J connectivity index is 2.10. The van der Waals surface area contributed by atoms with Crippen LogP contribution in [0.5, 0.6) is 0 Å². The van der Waals surface area contributed by atoms with E-state index in [0.29, 0.717) is 6.17 Å². The summed E-state index contributed by atoms with van der Waals surface area (Å²) in [5, 5.41) is 0. The summed E-state index contributed by atoms with van der Waals surface area (Å²) in [5.74, 6) is 0. The van der Waals surface area contributed by atoms with Gasteiger partial charge < -0.3 is 9.80 Å². The Hall–Kier alpha value is -0.660. The minimum atomic E-state index is 0.639. The van der Waals surface area contributed by atoms with Crippen molar-refractivity contribution >= 4 is 0 Å². The van der Waals surface area contributed by atoms with Gasteiger partial charge in [-0.25, -0.2) is 0 Å². The molecule has 0 saturated carbocycles. The SMILES string of the molecule is CCCCCCCCCCCCCCCCCCCN1C=CN(CCCCCCC)C1CCCCCCCCCCCCCC. The molecule has 1 heterocycles. The number of hydrogen-bond acceptors (Lipinski definition) is 2. The number of rotatable bonds is 37. The van der Waals surface area contributed by atoms with E-state index in [0.717, 1.165) is 0 Å². The van der Waals surface area contributed by atoms with Crippen molar-refractivity contribution in [2.45, 2.75) is 252 Å². The van der Waals surface area contributed by atoms with Crippen LogP contribution in [0.15, 0.2) is 12.4 Å². The molecule has 1 aliphatic rings. The Morgan fingerprint density at radius 3 is 0.778 bits per heavy atom. The second-order valence-electron chi connectivity index (χ2n) is 15.0. The fraction of sp³-hybridized carbons (Fsp3) is 0.953. The number of nitrogens with zero attached hydrogens (tertiary/aromatic N) is 2. The molecule has 0 aliphatic carbocycles. The van der Waals surface area contributed by atoms with Crippen LogP contribution in [0.3, 0.4) is 0 Å². The van der Waals surface area contributed by atoms with Crippen LogP contribution in [-0.4, -0.2) is 29.1 Å². The highest BCUT2D eigenvalue weighted by molar-refractivity contribution is 4.97. The van der Waals surface area contributed by atoms with Gasteiger partial charge >= 0.3 is 0 Å². The van der Waals surface area contributed by atoms with Crippen LogP contribution in [0.4, 0.5) is 0 Å². The summed E-state index contributed by atoms with van der Waals surface area (Å²) in [7, 11) is 0. The summed E-state index contributed by atoms with van der Waals surface area (Å²) in [6.07, 6.45) is 55.9. The molecule has 0 saturated heterocycles. The van der Waals surface area contributed by atoms with E-state index in [9.17, 15) is 0 Å². The third-order valence-electron chi connectivity index (χ3n) is 10.6. The van der Waals surface area contributed by atoms with E-state index in [-0.39, 0.29) is 0 Å². The van der Waals surface area contributed by atoms with Crippen molar-refractivity contribution in [1.29, 1.82) is 0 Å². The van der Waals surface area contributed by atoms with Gasteiger partial charge in [0.15, 0.2) is 0 Å². The van der Waals surface area contributed by atoms with E-state index in [1.54, 1.807) is 0 Å². The molecule has 0 aromatic carbocycles. The molecule has 268 valence electrons. The zero-order valence-corrected chi connectivity index (χ0v) is 31.8. The molecule has 0 spiro atoms. The van der Waals surface area contributed by atoms with Crippen molar-refractivity contribution in [1.82, 2.24) is 9.80 Å². The summed E-state index contributed by atoms with van der Waals surface area (Å²) in [6.45, 7) is 9.48. The number of hydrogen-bond donors (Lipinski definition) is 0. The Bertz CT molecular complexity index is 586. The van der Waals surface area contributed by atoms with Crippen LogP contribution in [0.25, 0.3) is 0 Å². The summed E-state index contributed by atoms with van der Waals surface area (Å²) in [5.41, 5.74) is 0. The average molecular weight is 631 g/mol. The zero-order valence-electron chi connectivity index (χ0n) is 31.8. The predicted molar refractivity (Wildman–Crippen MR) is 205 cm³/mol. The summed E-state index contributed by atoms with van der Waals surface area (Å²) < 4.78 is 0. The van der Waals surface area contributed by atoms with E-state index >= 15 is 0 Å². The largest absolute Gasteiger partial charge is 0.356 e. The van der Waals surface area contributed by atoms with Gasteiger partial charge in [0.05, 0.1) is 0 Å². The van der Waals surface area contributed by atoms with Crippen LogP contribution in [0, 0.1) is 0 Å². The van der Waals surface area contributed by atoms with Crippen LogP contribution in [0.2, 0.25) is 0 Å². The molecule has 0 radical (unpaired) electrons. The summed E-state index contributed by atoms with van der Waals surface area (Å²) >= 11 is 0. The predicted octanol–water partition coefficient (Wildman–Crippen LogP) is 15.1. The highest BCUT2D eigenvalue weighted by Gasteiger charge is 2.24. The first-order valence-corrected chi connectivity index (χ1v) is 21.5. The lowest BCUT2D eigenvalue weighted by molar-refractivity contribution is 0.135. The highest BCUT2D eigenvalue weighted by atomic mass is 15.4. The topological polar surface area (TPSA) is 6.48 Å². The molecule has 0 amide bonds. The van der Waals surface area contributed by atoms with E-state index in [2.05, 4.69) is 43.0 Å². The van der Waals surface area contributed by atoms with E-state index in [1.807, 2.05) is 0 Å².